The van der Waals surface area contributed by atoms with Gasteiger partial charge in [0.05, 0.1) is 44.7 Å². The maximum atomic E-state index is 15.5. The molecule has 50 heteroatoms. The van der Waals surface area contributed by atoms with Crippen LogP contribution < -0.4 is 64.1 Å². The summed E-state index contributed by atoms with van der Waals surface area (Å²) in [7, 11) is 7.30. The number of amides is 4. The van der Waals surface area contributed by atoms with E-state index in [1.54, 1.807) is 39.8 Å². The van der Waals surface area contributed by atoms with Gasteiger partial charge in [0.2, 0.25) is 5.69 Å². The van der Waals surface area contributed by atoms with Crippen molar-refractivity contribution in [1.82, 2.24) is 21.3 Å². The zero-order chi connectivity index (χ0) is 95.9. The first-order valence-corrected chi connectivity index (χ1v) is 55.2. The fourth-order valence-electron chi connectivity index (χ4n) is 15.1. The number of carboxylic acids is 4. The third-order valence-electron chi connectivity index (χ3n) is 20.9. The van der Waals surface area contributed by atoms with Crippen molar-refractivity contribution in [3.8, 4) is 46.0 Å². The number of carbonyl (C=O) groups excluding carboxylic acids is 4. The zero-order valence-electron chi connectivity index (χ0n) is 74.6. The standard InChI is InChI=1S/C81H102B8N6O26S10/c1-80(2)68(94(22-10-24-130(108,109)110)58-28-46(72(96)90-18-6-12-52-60(114-38-122-82)30-48(76(100)101)31-61(52)115-39-123-83)26-56(70(58)80)74(98)92-20-8-14-54-64(118-42-126-86)34-50(78(104)105)35-65(54)119-43-127-87)16-5-17-69-81(3,4)71-57(75(99)93-21-9-15-55-66(120-44-128-88)36-51(79(106)107)37-67(55)121-45-129-89)27-47(29-59(71)95(69)23-11-25-131(111,112)113)73(97)91-19-7-13-53-62(116-40-124-84)32-49(77(102)103)33-63(53)117-41-125-85/h5,16-17,26-37,82H,6-15,18-25,38-45,83-89H2,1-4H3,(H8-2,90,91,92,93,96,97,98,99,100,101,102,103,104,105,106,107,108,109,110,111,112,113)/p+2. The molecule has 2 heterocycles. The van der Waals surface area contributed by atoms with Gasteiger partial charge in [-0.25, -0.2) is 14.4 Å². The molecule has 696 valence electrons. The fourth-order valence-corrected chi connectivity index (χ4v) is 18.0. The molecule has 6 aromatic carbocycles. The second kappa shape index (κ2) is 51.9. The van der Waals surface area contributed by atoms with Crippen LogP contribution in [0, 0.1) is 0 Å². The molecular weight excluding hydrogens is 1880 g/mol. The molecule has 0 saturated heterocycles. The summed E-state index contributed by atoms with van der Waals surface area (Å²) in [6, 6.07) is 17.4. The van der Waals surface area contributed by atoms with Gasteiger partial charge in [-0.2, -0.15) is 91.1 Å². The number of anilines is 1. The van der Waals surface area contributed by atoms with Gasteiger partial charge in [-0.3, -0.25) is 23.5 Å². The van der Waals surface area contributed by atoms with E-state index in [2.05, 4.69) is 28.4 Å². The number of fused-ring (bicyclic) bond motifs is 2. The first kappa shape index (κ1) is 108. The summed E-state index contributed by atoms with van der Waals surface area (Å²) >= 11 is 10.7. The van der Waals surface area contributed by atoms with Crippen molar-refractivity contribution in [3.05, 3.63) is 175 Å². The van der Waals surface area contributed by atoms with E-state index in [0.717, 1.165) is 11.6 Å². The van der Waals surface area contributed by atoms with Crippen LogP contribution in [0.15, 0.2) is 96.7 Å². The number of nitrogens with zero attached hydrogens (tertiary/aromatic N) is 2. The van der Waals surface area contributed by atoms with Gasteiger partial charge in [0.1, 0.15) is 76.7 Å². The molecule has 2 aliphatic rings. The van der Waals surface area contributed by atoms with E-state index in [1.807, 2.05) is 77.6 Å². The minimum atomic E-state index is -4.61. The Morgan fingerprint density at radius 2 is 0.718 bits per heavy atom. The van der Waals surface area contributed by atoms with Crippen molar-refractivity contribution < 1.29 is 127 Å². The zero-order valence-corrected chi connectivity index (χ0v) is 82.7. The van der Waals surface area contributed by atoms with Gasteiger partial charge in [0, 0.05) is 94.9 Å². The van der Waals surface area contributed by atoms with Crippen LogP contribution >= 0.6 is 92.9 Å². The van der Waals surface area contributed by atoms with Crippen LogP contribution in [-0.2, 0) is 56.7 Å². The summed E-state index contributed by atoms with van der Waals surface area (Å²) in [6.07, 6.45) is 6.71. The summed E-state index contributed by atoms with van der Waals surface area (Å²) in [4.78, 5) is 112. The maximum absolute atomic E-state index is 15.5. The molecule has 0 radical (unpaired) electrons. The van der Waals surface area contributed by atoms with Crippen LogP contribution in [-0.4, -0.2) is 259 Å². The van der Waals surface area contributed by atoms with Crippen LogP contribution in [0.1, 0.15) is 182 Å². The Kier molecular flexibility index (Phi) is 42.7. The number of allylic oxidation sites excluding steroid dienone is 4. The van der Waals surface area contributed by atoms with Crippen molar-refractivity contribution in [3.63, 3.8) is 0 Å². The van der Waals surface area contributed by atoms with Gasteiger partial charge in [-0.15, -0.1) is 0 Å². The average Bonchev–Trinajstić information content (AvgIpc) is 1.57. The summed E-state index contributed by atoms with van der Waals surface area (Å²) in [5.74, 6) is -5.24. The Morgan fingerprint density at radius 3 is 1.03 bits per heavy atom. The Hall–Kier alpha value is -8.43. The van der Waals surface area contributed by atoms with Gasteiger partial charge in [-0.1, -0.05) is 19.9 Å². The predicted molar refractivity (Wildman–Crippen MR) is 543 cm³/mol. The quantitative estimate of drug-likeness (QED) is 0.00657. The van der Waals surface area contributed by atoms with Crippen LogP contribution in [0.2, 0.25) is 0 Å². The molecule has 0 bridgehead atoms. The molecule has 0 aromatic heterocycles. The van der Waals surface area contributed by atoms with Gasteiger partial charge in [0.15, 0.2) is 48.5 Å². The summed E-state index contributed by atoms with van der Waals surface area (Å²) < 4.78 is 121. The van der Waals surface area contributed by atoms with E-state index in [4.69, 9.17) is 37.9 Å². The van der Waals surface area contributed by atoms with E-state index >= 15 is 19.2 Å². The molecule has 0 spiro atoms. The molecular formula is C81H104B8N6O26S10+2. The number of aromatic carboxylic acids is 4. The molecule has 6 aromatic rings. The molecule has 32 nitrogen and oxygen atoms in total. The first-order valence-electron chi connectivity index (χ1n) is 41.1. The summed E-state index contributed by atoms with van der Waals surface area (Å²) in [5, 5.41) is 52.4. The van der Waals surface area contributed by atoms with E-state index in [-0.39, 0.29) is 241 Å². The third-order valence-corrected chi connectivity index (χ3v) is 25.2. The topological polar surface area (TPSA) is 454 Å². The third kappa shape index (κ3) is 30.3. The fraction of sp³-hybridized carbons (Fsp3) is 0.395. The Balaban J connectivity index is 1.25. The summed E-state index contributed by atoms with van der Waals surface area (Å²) in [5.41, 5.74) is 1.82. The average molecular weight is 1980 g/mol. The number of nitrogens with one attached hydrogen (secondary N) is 4. The Labute approximate surface area is 803 Å². The number of carboxylic acid groups (broad SMARTS) is 4. The minimum absolute atomic E-state index is 0.00172. The molecule has 8 rings (SSSR count). The van der Waals surface area contributed by atoms with Crippen LogP contribution in [0.25, 0.3) is 0 Å². The van der Waals surface area contributed by atoms with Crippen LogP contribution in [0.4, 0.5) is 11.4 Å². The summed E-state index contributed by atoms with van der Waals surface area (Å²) in [6.45, 7) is 7.12. The number of ether oxygens (including phenoxy) is 8. The van der Waals surface area contributed by atoms with Crippen molar-refractivity contribution in [2.45, 2.75) is 103 Å². The molecule has 0 unspecified atom stereocenters. The van der Waals surface area contributed by atoms with Gasteiger partial charge in [0.25, 0.3) is 38.0 Å². The number of rotatable bonds is 58. The molecule has 0 aliphatic carbocycles. The first-order chi connectivity index (χ1) is 62.4. The molecule has 2 aliphatic heterocycles. The normalized spacial score (nSPS) is 13.4. The SMILES string of the molecule is [BH+]SCOc1cc(C(=O)O)cc(OCSB)c1CCCNC(=O)c1cc(C(=O)NCCCc2c(OCSB)cc(C(=O)O)cc2OCSB)c2c(c1)N(CCCS(=O)(=O)O)/C(=C/C=C/C1=[N+](CCCS(=O)(=O)O)c3cc(C(=O)NCCCc4c(OCSB)cc(C(=O)O)cc4OCSB)cc(C(=O)NCCCc4c(OCSB)cc(C(=O)O)cc4OCSB)c3C1(C)C)C2(C)C. The van der Waals surface area contributed by atoms with Gasteiger partial charge in [-0.05, 0) is 107 Å². The second-order valence-electron chi connectivity index (χ2n) is 30.7. The number of carbonyl (C=O) groups is 8. The Morgan fingerprint density at radius 1 is 0.412 bits per heavy atom. The van der Waals surface area contributed by atoms with Gasteiger partial charge < -0.3 is 64.6 Å². The Bertz CT molecular complexity index is 5380. The van der Waals surface area contributed by atoms with Gasteiger partial charge >= 0.3 is 180 Å². The molecule has 4 amide bonds. The monoisotopic (exact) mass is 1980 g/mol. The molecule has 10 N–H and O–H groups in total. The number of hydrogen-bond acceptors (Lipinski definition) is 29. The van der Waals surface area contributed by atoms with Crippen LogP contribution in [0.5, 0.6) is 46.0 Å². The van der Waals surface area contributed by atoms with Crippen molar-refractivity contribution in [2.75, 3.05) is 103 Å². The van der Waals surface area contributed by atoms with Crippen molar-refractivity contribution in [2.24, 2.45) is 0 Å². The van der Waals surface area contributed by atoms with Crippen molar-refractivity contribution >= 4 is 235 Å². The van der Waals surface area contributed by atoms with Crippen molar-refractivity contribution in [1.29, 1.82) is 0 Å². The van der Waals surface area contributed by atoms with E-state index in [1.165, 1.54) is 142 Å². The second-order valence-corrected chi connectivity index (χ2v) is 40.2. The molecule has 0 fully saturated rings. The number of benzene rings is 6. The smallest absolute Gasteiger partial charge is 0.484 e. The van der Waals surface area contributed by atoms with E-state index in [9.17, 15) is 65.5 Å². The number of hydrogen-bond donors (Lipinski definition) is 10. The van der Waals surface area contributed by atoms with E-state index < -0.39 is 90.1 Å². The minimum Gasteiger partial charge on any atom is -0.484 e. The molecule has 0 saturated carbocycles. The molecule has 0 atom stereocenters. The van der Waals surface area contributed by atoms with Crippen LogP contribution in [0.3, 0.4) is 0 Å². The van der Waals surface area contributed by atoms with E-state index in [0.29, 0.717) is 56.2 Å². The predicted octanol–water partition coefficient (Wildman–Crippen LogP) is 6.31. The molecule has 131 heavy (non-hydrogen) atoms.